The summed E-state index contributed by atoms with van der Waals surface area (Å²) in [5.41, 5.74) is 3.33. The second-order valence-electron chi connectivity index (χ2n) is 6.65. The Kier molecular flexibility index (Phi) is 3.51. The number of nitrogens with one attached hydrogen (secondary N) is 1. The number of carbonyl (C=O) groups is 1. The first-order valence-corrected chi connectivity index (χ1v) is 8.86. The van der Waals surface area contributed by atoms with E-state index >= 15 is 0 Å². The van der Waals surface area contributed by atoms with Crippen molar-refractivity contribution < 1.29 is 14.1 Å². The van der Waals surface area contributed by atoms with Gasteiger partial charge >= 0.3 is 0 Å². The average molecular weight is 350 g/mol. The summed E-state index contributed by atoms with van der Waals surface area (Å²) in [5.74, 6) is 1.87. The van der Waals surface area contributed by atoms with E-state index in [0.29, 0.717) is 24.0 Å². The standard InChI is InChI=1S/C19H18N4O3/c24-19(23-6-1-2-7-23)15-10-14(11-20-15)18-21-17(22-26-18)13-3-4-16-12(9-13)5-8-25-16/h3-4,9-11,20H,1-2,5-8H2. The van der Waals surface area contributed by atoms with E-state index in [1.807, 2.05) is 23.1 Å². The highest BCUT2D eigenvalue weighted by atomic mass is 16.5. The third-order valence-electron chi connectivity index (χ3n) is 4.93. The molecule has 7 nitrogen and oxygen atoms in total. The van der Waals surface area contributed by atoms with Crippen LogP contribution in [0.5, 0.6) is 5.75 Å². The lowest BCUT2D eigenvalue weighted by molar-refractivity contribution is 0.0788. The van der Waals surface area contributed by atoms with Crippen LogP contribution in [0.15, 0.2) is 35.0 Å². The minimum atomic E-state index is 0.0205. The molecular formula is C19H18N4O3. The lowest BCUT2D eigenvalue weighted by Crippen LogP contribution is -2.27. The molecule has 1 aromatic carbocycles. The van der Waals surface area contributed by atoms with E-state index in [2.05, 4.69) is 15.1 Å². The summed E-state index contributed by atoms with van der Waals surface area (Å²) in [6, 6.07) is 7.68. The fraction of sp³-hybridized carbons (Fsp3) is 0.316. The van der Waals surface area contributed by atoms with Crippen LogP contribution < -0.4 is 4.74 Å². The van der Waals surface area contributed by atoms with Gasteiger partial charge in [-0.05, 0) is 42.7 Å². The molecule has 1 saturated heterocycles. The Labute approximate surface area is 150 Å². The van der Waals surface area contributed by atoms with Gasteiger partial charge in [0.25, 0.3) is 11.8 Å². The van der Waals surface area contributed by atoms with Crippen LogP contribution in [0.4, 0.5) is 0 Å². The molecule has 5 rings (SSSR count). The Morgan fingerprint density at radius 3 is 2.92 bits per heavy atom. The van der Waals surface area contributed by atoms with Gasteiger partial charge in [-0.2, -0.15) is 4.98 Å². The molecule has 0 spiro atoms. The molecule has 0 radical (unpaired) electrons. The van der Waals surface area contributed by atoms with Crippen LogP contribution in [-0.4, -0.2) is 45.6 Å². The quantitative estimate of drug-likeness (QED) is 0.785. The molecule has 1 fully saturated rings. The van der Waals surface area contributed by atoms with Crippen molar-refractivity contribution in [1.82, 2.24) is 20.0 Å². The number of H-pyrrole nitrogens is 1. The fourth-order valence-corrected chi connectivity index (χ4v) is 3.52. The van der Waals surface area contributed by atoms with E-state index in [1.165, 1.54) is 0 Å². The summed E-state index contributed by atoms with van der Waals surface area (Å²) < 4.78 is 10.9. The smallest absolute Gasteiger partial charge is 0.270 e. The average Bonchev–Trinajstić information content (AvgIpc) is 3.47. The van der Waals surface area contributed by atoms with Crippen LogP contribution in [0.2, 0.25) is 0 Å². The normalized spacial score (nSPS) is 15.9. The fourth-order valence-electron chi connectivity index (χ4n) is 3.52. The largest absolute Gasteiger partial charge is 0.493 e. The summed E-state index contributed by atoms with van der Waals surface area (Å²) in [4.78, 5) is 21.8. The Morgan fingerprint density at radius 2 is 2.04 bits per heavy atom. The number of aromatic amines is 1. The van der Waals surface area contributed by atoms with Crippen molar-refractivity contribution in [2.45, 2.75) is 19.3 Å². The highest BCUT2D eigenvalue weighted by Crippen LogP contribution is 2.30. The van der Waals surface area contributed by atoms with Gasteiger partial charge in [0, 0.05) is 31.3 Å². The van der Waals surface area contributed by atoms with Gasteiger partial charge in [0.2, 0.25) is 5.82 Å². The Hall–Kier alpha value is -3.09. The SMILES string of the molecule is O=C(c1cc(-c2nc(-c3ccc4c(c3)CCO4)no2)c[nH]1)N1CCCC1. The van der Waals surface area contributed by atoms with E-state index in [9.17, 15) is 4.79 Å². The Balaban J connectivity index is 1.39. The maximum absolute atomic E-state index is 12.4. The number of hydrogen-bond acceptors (Lipinski definition) is 5. The molecule has 26 heavy (non-hydrogen) atoms. The van der Waals surface area contributed by atoms with Crippen molar-refractivity contribution in [3.8, 4) is 28.6 Å². The number of rotatable bonds is 3. The zero-order chi connectivity index (χ0) is 17.5. The van der Waals surface area contributed by atoms with Gasteiger partial charge < -0.3 is 19.1 Å². The van der Waals surface area contributed by atoms with Gasteiger partial charge in [-0.15, -0.1) is 0 Å². The number of carbonyl (C=O) groups excluding carboxylic acids is 1. The summed E-state index contributed by atoms with van der Waals surface area (Å²) in [6.45, 7) is 2.35. The van der Waals surface area contributed by atoms with Gasteiger partial charge in [-0.25, -0.2) is 0 Å². The molecule has 7 heteroatoms. The molecule has 1 N–H and O–H groups in total. The van der Waals surface area contributed by atoms with Crippen molar-refractivity contribution in [2.75, 3.05) is 19.7 Å². The van der Waals surface area contributed by atoms with Gasteiger partial charge in [-0.1, -0.05) is 5.16 Å². The zero-order valence-electron chi connectivity index (χ0n) is 14.2. The number of likely N-dealkylation sites (tertiary alicyclic amines) is 1. The number of hydrogen-bond donors (Lipinski definition) is 1. The molecular weight excluding hydrogens is 332 g/mol. The molecule has 0 unspecified atom stereocenters. The number of nitrogens with zero attached hydrogens (tertiary/aromatic N) is 3. The summed E-state index contributed by atoms with van der Waals surface area (Å²) in [6.07, 6.45) is 4.76. The van der Waals surface area contributed by atoms with Crippen LogP contribution in [-0.2, 0) is 6.42 Å². The third kappa shape index (κ3) is 2.56. The maximum atomic E-state index is 12.4. The lowest BCUT2D eigenvalue weighted by atomic mass is 10.1. The molecule has 0 atom stereocenters. The molecule has 0 aliphatic carbocycles. The minimum absolute atomic E-state index is 0.0205. The van der Waals surface area contributed by atoms with Crippen LogP contribution >= 0.6 is 0 Å². The number of aromatic nitrogens is 3. The highest BCUT2D eigenvalue weighted by Gasteiger charge is 2.22. The lowest BCUT2D eigenvalue weighted by Gasteiger charge is -2.13. The summed E-state index contributed by atoms with van der Waals surface area (Å²) in [7, 11) is 0. The molecule has 3 aromatic rings. The van der Waals surface area contributed by atoms with Crippen LogP contribution in [0, 0.1) is 0 Å². The van der Waals surface area contributed by atoms with Crippen molar-refractivity contribution >= 4 is 5.91 Å². The molecule has 132 valence electrons. The second kappa shape index (κ2) is 6.01. The van der Waals surface area contributed by atoms with Crippen LogP contribution in [0.3, 0.4) is 0 Å². The minimum Gasteiger partial charge on any atom is -0.493 e. The molecule has 0 bridgehead atoms. The Morgan fingerprint density at radius 1 is 1.15 bits per heavy atom. The topological polar surface area (TPSA) is 84.2 Å². The maximum Gasteiger partial charge on any atom is 0.270 e. The molecule has 0 saturated carbocycles. The first-order chi connectivity index (χ1) is 12.8. The number of amides is 1. The zero-order valence-corrected chi connectivity index (χ0v) is 14.2. The summed E-state index contributed by atoms with van der Waals surface area (Å²) >= 11 is 0. The van der Waals surface area contributed by atoms with E-state index in [1.54, 1.807) is 12.3 Å². The first-order valence-electron chi connectivity index (χ1n) is 8.86. The van der Waals surface area contributed by atoms with Crippen LogP contribution in [0.1, 0.15) is 28.9 Å². The number of ether oxygens (including phenoxy) is 1. The predicted octanol–water partition coefficient (Wildman–Crippen LogP) is 2.90. The van der Waals surface area contributed by atoms with Crippen molar-refractivity contribution in [1.29, 1.82) is 0 Å². The monoisotopic (exact) mass is 350 g/mol. The van der Waals surface area contributed by atoms with Gasteiger partial charge in [0.05, 0.1) is 12.2 Å². The van der Waals surface area contributed by atoms with E-state index in [0.717, 1.165) is 54.8 Å². The van der Waals surface area contributed by atoms with Gasteiger partial charge in [0.15, 0.2) is 0 Å². The number of fused-ring (bicyclic) bond motifs is 1. The predicted molar refractivity (Wildman–Crippen MR) is 93.9 cm³/mol. The molecule has 2 aromatic heterocycles. The highest BCUT2D eigenvalue weighted by molar-refractivity contribution is 5.93. The Bertz CT molecular complexity index is 969. The third-order valence-corrected chi connectivity index (χ3v) is 4.93. The van der Waals surface area contributed by atoms with E-state index in [-0.39, 0.29) is 5.91 Å². The summed E-state index contributed by atoms with van der Waals surface area (Å²) in [5, 5.41) is 4.08. The second-order valence-corrected chi connectivity index (χ2v) is 6.65. The molecule has 2 aliphatic heterocycles. The van der Waals surface area contributed by atoms with Crippen LogP contribution in [0.25, 0.3) is 22.8 Å². The molecule has 4 heterocycles. The van der Waals surface area contributed by atoms with Crippen molar-refractivity contribution in [3.05, 3.63) is 41.7 Å². The number of benzene rings is 1. The van der Waals surface area contributed by atoms with Crippen molar-refractivity contribution in [3.63, 3.8) is 0 Å². The van der Waals surface area contributed by atoms with E-state index in [4.69, 9.17) is 9.26 Å². The van der Waals surface area contributed by atoms with Gasteiger partial charge in [-0.3, -0.25) is 4.79 Å². The van der Waals surface area contributed by atoms with Gasteiger partial charge in [0.1, 0.15) is 11.4 Å². The van der Waals surface area contributed by atoms with E-state index < -0.39 is 0 Å². The first kappa shape index (κ1) is 15.2. The molecule has 1 amide bonds. The van der Waals surface area contributed by atoms with Crippen molar-refractivity contribution in [2.24, 2.45) is 0 Å². The molecule has 2 aliphatic rings.